The first-order chi connectivity index (χ1) is 5.88. The minimum absolute atomic E-state index is 0.266. The fourth-order valence-electron chi connectivity index (χ4n) is 1.78. The number of rotatable bonds is 1. The average Bonchev–Trinajstić information content (AvgIpc) is 2.65. The van der Waals surface area contributed by atoms with Gasteiger partial charge in [-0.1, -0.05) is 18.9 Å². The molecule has 0 aliphatic heterocycles. The summed E-state index contributed by atoms with van der Waals surface area (Å²) >= 11 is 0. The minimum Gasteiger partial charge on any atom is -0.289 e. The Morgan fingerprint density at radius 3 is 2.58 bits per heavy atom. The monoisotopic (exact) mass is 162 g/mol. The molecule has 2 rings (SSSR count). The molecule has 0 saturated carbocycles. The van der Waals surface area contributed by atoms with E-state index in [0.717, 1.165) is 12.0 Å². The third-order valence-corrected chi connectivity index (χ3v) is 2.59. The summed E-state index contributed by atoms with van der Waals surface area (Å²) in [4.78, 5) is 10.9. The van der Waals surface area contributed by atoms with Gasteiger partial charge in [0.05, 0.1) is 0 Å². The van der Waals surface area contributed by atoms with Crippen molar-refractivity contribution in [3.05, 3.63) is 27.9 Å². The standard InChI is InChI=1S/C11H14O/c12-11-8-10(11)9-6-4-2-1-3-5-7-9/h6,8H,1-5,7H2/b9-6+. The van der Waals surface area contributed by atoms with Crippen LogP contribution in [-0.2, 0) is 0 Å². The highest BCUT2D eigenvalue weighted by atomic mass is 16.1. The van der Waals surface area contributed by atoms with Gasteiger partial charge in [0.25, 0.3) is 0 Å². The van der Waals surface area contributed by atoms with Crippen molar-refractivity contribution in [2.45, 2.75) is 38.5 Å². The Morgan fingerprint density at radius 2 is 1.83 bits per heavy atom. The van der Waals surface area contributed by atoms with E-state index < -0.39 is 0 Å². The van der Waals surface area contributed by atoms with E-state index >= 15 is 0 Å². The van der Waals surface area contributed by atoms with Crippen LogP contribution in [0.4, 0.5) is 0 Å². The molecule has 12 heavy (non-hydrogen) atoms. The van der Waals surface area contributed by atoms with Crippen molar-refractivity contribution >= 4 is 5.57 Å². The third-order valence-electron chi connectivity index (χ3n) is 2.59. The second-order valence-electron chi connectivity index (χ2n) is 3.60. The molecule has 0 aromatic heterocycles. The van der Waals surface area contributed by atoms with Gasteiger partial charge in [-0.25, -0.2) is 0 Å². The Kier molecular flexibility index (Phi) is 2.11. The van der Waals surface area contributed by atoms with Crippen LogP contribution in [0.25, 0.3) is 5.57 Å². The first-order valence-corrected chi connectivity index (χ1v) is 4.83. The summed E-state index contributed by atoms with van der Waals surface area (Å²) in [6.45, 7) is 0. The molecule has 64 valence electrons. The van der Waals surface area contributed by atoms with Gasteiger partial charge < -0.3 is 0 Å². The molecule has 0 atom stereocenters. The van der Waals surface area contributed by atoms with Crippen LogP contribution in [0.15, 0.2) is 16.9 Å². The molecule has 1 aromatic carbocycles. The van der Waals surface area contributed by atoms with Gasteiger partial charge in [-0.05, 0) is 37.3 Å². The predicted octanol–water partition coefficient (Wildman–Crippen LogP) is 2.66. The molecule has 0 amide bonds. The lowest BCUT2D eigenvalue weighted by atomic mass is 9.99. The van der Waals surface area contributed by atoms with E-state index in [9.17, 15) is 4.79 Å². The first kappa shape index (κ1) is 7.78. The Labute approximate surface area is 72.8 Å². The van der Waals surface area contributed by atoms with E-state index in [4.69, 9.17) is 0 Å². The third kappa shape index (κ3) is 1.66. The van der Waals surface area contributed by atoms with E-state index in [1.54, 1.807) is 6.07 Å². The normalized spacial score (nSPS) is 24.5. The van der Waals surface area contributed by atoms with E-state index in [1.807, 2.05) is 0 Å². The molecule has 1 aliphatic rings. The lowest BCUT2D eigenvalue weighted by molar-refractivity contribution is 0.644. The molecule has 0 fully saturated rings. The van der Waals surface area contributed by atoms with E-state index in [-0.39, 0.29) is 5.43 Å². The number of allylic oxidation sites excluding steroid dienone is 2. The molecule has 1 heteroatoms. The second-order valence-corrected chi connectivity index (χ2v) is 3.60. The van der Waals surface area contributed by atoms with Crippen LogP contribution < -0.4 is 5.43 Å². The molecule has 1 nitrogen and oxygen atoms in total. The van der Waals surface area contributed by atoms with Gasteiger partial charge in [-0.15, -0.1) is 0 Å². The SMILES string of the molecule is O=c1cc1/C1=C/CCCCCC1. The van der Waals surface area contributed by atoms with Crippen LogP contribution in [0.2, 0.25) is 0 Å². The summed E-state index contributed by atoms with van der Waals surface area (Å²) in [6.07, 6.45) is 9.80. The Bertz CT molecular complexity index is 300. The van der Waals surface area contributed by atoms with Crippen molar-refractivity contribution in [2.75, 3.05) is 0 Å². The molecule has 0 heterocycles. The fourth-order valence-corrected chi connectivity index (χ4v) is 1.78. The topological polar surface area (TPSA) is 17.1 Å². The zero-order valence-electron chi connectivity index (χ0n) is 7.31. The van der Waals surface area contributed by atoms with Gasteiger partial charge in [0.1, 0.15) is 0 Å². The van der Waals surface area contributed by atoms with Gasteiger partial charge in [0.2, 0.25) is 0 Å². The van der Waals surface area contributed by atoms with Gasteiger partial charge in [-0.2, -0.15) is 0 Å². The average molecular weight is 162 g/mol. The zero-order chi connectivity index (χ0) is 8.39. The van der Waals surface area contributed by atoms with Crippen molar-refractivity contribution in [2.24, 2.45) is 0 Å². The molecule has 0 saturated heterocycles. The van der Waals surface area contributed by atoms with E-state index in [0.29, 0.717) is 0 Å². The maximum atomic E-state index is 10.9. The van der Waals surface area contributed by atoms with E-state index in [2.05, 4.69) is 6.08 Å². The maximum absolute atomic E-state index is 10.9. The fraction of sp³-hybridized carbons (Fsp3) is 0.545. The molecule has 0 radical (unpaired) electrons. The summed E-state index contributed by atoms with van der Waals surface area (Å²) < 4.78 is 0. The molecule has 1 aliphatic carbocycles. The molecule has 1 aromatic rings. The van der Waals surface area contributed by atoms with Crippen molar-refractivity contribution in [3.8, 4) is 0 Å². The lowest BCUT2D eigenvalue weighted by Gasteiger charge is -2.06. The largest absolute Gasteiger partial charge is 0.289 e. The van der Waals surface area contributed by atoms with Gasteiger partial charge in [0.15, 0.2) is 5.43 Å². The van der Waals surface area contributed by atoms with Crippen molar-refractivity contribution in [1.82, 2.24) is 0 Å². The van der Waals surface area contributed by atoms with Crippen LogP contribution in [0.1, 0.15) is 44.1 Å². The minimum atomic E-state index is 0.266. The Balaban J connectivity index is 2.07. The van der Waals surface area contributed by atoms with Crippen molar-refractivity contribution in [3.63, 3.8) is 0 Å². The van der Waals surface area contributed by atoms with Gasteiger partial charge >= 0.3 is 0 Å². The summed E-state index contributed by atoms with van der Waals surface area (Å²) in [5, 5.41) is 0. The molecule has 0 spiro atoms. The first-order valence-electron chi connectivity index (χ1n) is 4.83. The maximum Gasteiger partial charge on any atom is 0.186 e. The highest BCUT2D eigenvalue weighted by Gasteiger charge is 2.13. The highest BCUT2D eigenvalue weighted by molar-refractivity contribution is 5.70. The zero-order valence-corrected chi connectivity index (χ0v) is 7.31. The quantitative estimate of drug-likeness (QED) is 0.620. The highest BCUT2D eigenvalue weighted by Crippen LogP contribution is 2.24. The molecular weight excluding hydrogens is 148 g/mol. The van der Waals surface area contributed by atoms with Gasteiger partial charge in [0, 0.05) is 5.56 Å². The van der Waals surface area contributed by atoms with Crippen LogP contribution in [0.5, 0.6) is 0 Å². The van der Waals surface area contributed by atoms with Gasteiger partial charge in [-0.3, -0.25) is 4.79 Å². The van der Waals surface area contributed by atoms with E-state index in [1.165, 1.54) is 37.7 Å². The molecule has 0 bridgehead atoms. The number of hydrogen-bond acceptors (Lipinski definition) is 1. The second kappa shape index (κ2) is 3.26. The molecular formula is C11H14O. The molecule has 0 N–H and O–H groups in total. The van der Waals surface area contributed by atoms with Crippen LogP contribution in [-0.4, -0.2) is 0 Å². The molecule has 0 unspecified atom stereocenters. The Hall–Kier alpha value is -0.850. The smallest absolute Gasteiger partial charge is 0.186 e. The Morgan fingerprint density at radius 1 is 1.08 bits per heavy atom. The lowest BCUT2D eigenvalue weighted by Crippen LogP contribution is -1.89. The summed E-state index contributed by atoms with van der Waals surface area (Å²) in [5.74, 6) is 0. The summed E-state index contributed by atoms with van der Waals surface area (Å²) in [7, 11) is 0. The van der Waals surface area contributed by atoms with Crippen molar-refractivity contribution in [1.29, 1.82) is 0 Å². The predicted molar refractivity (Wildman–Crippen MR) is 50.8 cm³/mol. The van der Waals surface area contributed by atoms with Crippen LogP contribution >= 0.6 is 0 Å². The summed E-state index contributed by atoms with van der Waals surface area (Å²) in [5.41, 5.74) is 2.60. The number of hydrogen-bond donors (Lipinski definition) is 0. The summed E-state index contributed by atoms with van der Waals surface area (Å²) in [6, 6.07) is 1.76. The van der Waals surface area contributed by atoms with Crippen LogP contribution in [0.3, 0.4) is 0 Å². The van der Waals surface area contributed by atoms with Crippen LogP contribution in [0, 0.1) is 0 Å². The van der Waals surface area contributed by atoms with Crippen molar-refractivity contribution < 1.29 is 0 Å².